The number of hydrogen-bond acceptors (Lipinski definition) is 5. The molecule has 0 amide bonds. The maximum Gasteiger partial charge on any atom is 0.433 e. The predicted octanol–water partition coefficient (Wildman–Crippen LogP) is 1.24. The number of benzene rings is 1. The van der Waals surface area contributed by atoms with Crippen LogP contribution in [0.25, 0.3) is 10.9 Å². The van der Waals surface area contributed by atoms with E-state index in [1.54, 1.807) is 6.92 Å². The number of aromatic nitrogens is 2. The van der Waals surface area contributed by atoms with Gasteiger partial charge in [-0.3, -0.25) is 20.0 Å². The molecule has 0 saturated carbocycles. The summed E-state index contributed by atoms with van der Waals surface area (Å²) in [6, 6.07) is 3.64. The molecule has 0 aliphatic carbocycles. The molecule has 0 aliphatic rings. The van der Waals surface area contributed by atoms with Crippen LogP contribution in [0.15, 0.2) is 23.0 Å². The van der Waals surface area contributed by atoms with Crippen molar-refractivity contribution in [2.24, 2.45) is 0 Å². The molecule has 94 valence electrons. The minimum Gasteiger partial charge on any atom is -0.448 e. The molecule has 0 unspecified atom stereocenters. The van der Waals surface area contributed by atoms with Crippen molar-refractivity contribution < 1.29 is 14.5 Å². The molecule has 2 rings (SSSR count). The number of rotatable bonds is 2. The highest BCUT2D eigenvalue weighted by molar-refractivity contribution is 5.88. The van der Waals surface area contributed by atoms with Gasteiger partial charge < -0.3 is 4.74 Å². The lowest BCUT2D eigenvalue weighted by Crippen LogP contribution is -2.17. The van der Waals surface area contributed by atoms with Crippen LogP contribution in [0.2, 0.25) is 0 Å². The first-order valence-electron chi connectivity index (χ1n) is 5.11. The highest BCUT2D eigenvalue weighted by atomic mass is 16.6. The van der Waals surface area contributed by atoms with Crippen molar-refractivity contribution in [2.75, 3.05) is 6.61 Å². The number of nitrogens with zero attached hydrogens (tertiary/aromatic N) is 2. The zero-order valence-electron chi connectivity index (χ0n) is 9.37. The Balaban J connectivity index is 2.67. The molecule has 0 spiro atoms. The number of carbonyl (C=O) groups excluding carboxylic acids is 1. The van der Waals surface area contributed by atoms with Crippen LogP contribution in [0.3, 0.4) is 0 Å². The topological polar surface area (TPSA) is 107 Å². The van der Waals surface area contributed by atoms with E-state index in [9.17, 15) is 19.7 Å². The van der Waals surface area contributed by atoms with Gasteiger partial charge in [-0.05, 0) is 13.0 Å². The second-order valence-electron chi connectivity index (χ2n) is 3.43. The van der Waals surface area contributed by atoms with E-state index in [-0.39, 0.29) is 23.2 Å². The fourth-order valence-electron chi connectivity index (χ4n) is 1.56. The molecule has 1 aromatic heterocycles. The average Bonchev–Trinajstić information content (AvgIpc) is 2.67. The molecule has 0 fully saturated rings. The SMILES string of the molecule is CCOC(=O)n1[nH]c(=O)c2ccc([N+](=O)[O-])cc21. The maximum absolute atomic E-state index is 11.6. The van der Waals surface area contributed by atoms with Crippen molar-refractivity contribution >= 4 is 22.7 Å². The Morgan fingerprint density at radius 3 is 2.89 bits per heavy atom. The van der Waals surface area contributed by atoms with Crippen LogP contribution in [0.1, 0.15) is 6.92 Å². The van der Waals surface area contributed by atoms with Crippen LogP contribution >= 0.6 is 0 Å². The summed E-state index contributed by atoms with van der Waals surface area (Å²) in [5.41, 5.74) is -0.597. The summed E-state index contributed by atoms with van der Waals surface area (Å²) in [4.78, 5) is 33.1. The number of nitro benzene ring substituents is 1. The molecular formula is C10H9N3O5. The Morgan fingerprint density at radius 1 is 1.56 bits per heavy atom. The number of H-pyrrole nitrogens is 1. The standard InChI is InChI=1S/C10H9N3O5/c1-2-18-10(15)12-8-5-6(13(16)17)3-4-7(8)9(14)11-12/h3-5H,2H2,1H3,(H,11,14). The third kappa shape index (κ3) is 1.83. The average molecular weight is 251 g/mol. The van der Waals surface area contributed by atoms with Crippen molar-refractivity contribution in [3.05, 3.63) is 38.7 Å². The number of aromatic amines is 1. The molecule has 0 bridgehead atoms. The molecule has 1 N–H and O–H groups in total. The van der Waals surface area contributed by atoms with Gasteiger partial charge in [-0.2, -0.15) is 4.68 Å². The van der Waals surface area contributed by atoms with Gasteiger partial charge in [0.2, 0.25) is 0 Å². The van der Waals surface area contributed by atoms with Gasteiger partial charge in [0.25, 0.3) is 11.2 Å². The van der Waals surface area contributed by atoms with E-state index in [0.29, 0.717) is 0 Å². The van der Waals surface area contributed by atoms with Gasteiger partial charge in [0.1, 0.15) is 0 Å². The number of nitrogens with one attached hydrogen (secondary N) is 1. The summed E-state index contributed by atoms with van der Waals surface area (Å²) >= 11 is 0. The zero-order chi connectivity index (χ0) is 13.3. The summed E-state index contributed by atoms with van der Waals surface area (Å²) in [5, 5.41) is 13.1. The molecule has 0 saturated heterocycles. The Hall–Kier alpha value is -2.64. The molecule has 18 heavy (non-hydrogen) atoms. The lowest BCUT2D eigenvalue weighted by Gasteiger charge is -2.02. The third-order valence-electron chi connectivity index (χ3n) is 2.34. The molecule has 2 aromatic rings. The first-order valence-corrected chi connectivity index (χ1v) is 5.11. The van der Waals surface area contributed by atoms with E-state index in [4.69, 9.17) is 4.74 Å². The number of hydrogen-bond donors (Lipinski definition) is 1. The van der Waals surface area contributed by atoms with E-state index in [2.05, 4.69) is 5.10 Å². The summed E-state index contributed by atoms with van der Waals surface area (Å²) in [5.74, 6) is 0. The highest BCUT2D eigenvalue weighted by Gasteiger charge is 2.16. The fraction of sp³-hybridized carbons (Fsp3) is 0.200. The van der Waals surface area contributed by atoms with Crippen molar-refractivity contribution in [1.82, 2.24) is 9.78 Å². The van der Waals surface area contributed by atoms with Crippen molar-refractivity contribution in [2.45, 2.75) is 6.92 Å². The lowest BCUT2D eigenvalue weighted by atomic mass is 10.2. The second kappa shape index (κ2) is 4.32. The van der Waals surface area contributed by atoms with Gasteiger partial charge in [0, 0.05) is 12.1 Å². The Bertz CT molecular complexity index is 684. The molecule has 1 aromatic carbocycles. The van der Waals surface area contributed by atoms with Crippen LogP contribution in [0, 0.1) is 10.1 Å². The van der Waals surface area contributed by atoms with Crippen LogP contribution in [-0.2, 0) is 4.74 Å². The second-order valence-corrected chi connectivity index (χ2v) is 3.43. The highest BCUT2D eigenvalue weighted by Crippen LogP contribution is 2.18. The normalized spacial score (nSPS) is 10.5. The van der Waals surface area contributed by atoms with Gasteiger partial charge in [-0.25, -0.2) is 4.79 Å². The monoisotopic (exact) mass is 251 g/mol. The number of nitro groups is 1. The Labute approximate surface area is 99.9 Å². The quantitative estimate of drug-likeness (QED) is 0.638. The molecular weight excluding hydrogens is 242 g/mol. The summed E-state index contributed by atoms with van der Waals surface area (Å²) in [6.45, 7) is 1.75. The van der Waals surface area contributed by atoms with E-state index < -0.39 is 16.6 Å². The third-order valence-corrected chi connectivity index (χ3v) is 2.34. The zero-order valence-corrected chi connectivity index (χ0v) is 9.37. The van der Waals surface area contributed by atoms with E-state index >= 15 is 0 Å². The first-order chi connectivity index (χ1) is 8.54. The Morgan fingerprint density at radius 2 is 2.28 bits per heavy atom. The largest absolute Gasteiger partial charge is 0.448 e. The molecule has 0 aliphatic heterocycles. The van der Waals surface area contributed by atoms with Crippen molar-refractivity contribution in [1.29, 1.82) is 0 Å². The molecule has 1 heterocycles. The van der Waals surface area contributed by atoms with Gasteiger partial charge >= 0.3 is 6.09 Å². The summed E-state index contributed by atoms with van der Waals surface area (Å²) in [7, 11) is 0. The van der Waals surface area contributed by atoms with Gasteiger partial charge in [0.15, 0.2) is 0 Å². The van der Waals surface area contributed by atoms with E-state index in [0.717, 1.165) is 10.7 Å². The maximum atomic E-state index is 11.6. The van der Waals surface area contributed by atoms with Crippen LogP contribution in [0.5, 0.6) is 0 Å². The predicted molar refractivity (Wildman–Crippen MR) is 61.6 cm³/mol. The number of carbonyl (C=O) groups is 1. The smallest absolute Gasteiger partial charge is 0.433 e. The molecule has 8 heteroatoms. The summed E-state index contributed by atoms with van der Waals surface area (Å²) in [6.07, 6.45) is -0.787. The number of fused-ring (bicyclic) bond motifs is 1. The van der Waals surface area contributed by atoms with Crippen LogP contribution in [-0.4, -0.2) is 27.4 Å². The van der Waals surface area contributed by atoms with Crippen molar-refractivity contribution in [3.63, 3.8) is 0 Å². The van der Waals surface area contributed by atoms with E-state index in [1.807, 2.05) is 0 Å². The Kier molecular flexibility index (Phi) is 2.84. The lowest BCUT2D eigenvalue weighted by molar-refractivity contribution is -0.384. The van der Waals surface area contributed by atoms with Gasteiger partial charge in [-0.15, -0.1) is 0 Å². The number of non-ortho nitro benzene ring substituents is 1. The van der Waals surface area contributed by atoms with Crippen molar-refractivity contribution in [3.8, 4) is 0 Å². The number of ether oxygens (including phenoxy) is 1. The molecule has 0 atom stereocenters. The van der Waals surface area contributed by atoms with Gasteiger partial charge in [0.05, 0.1) is 22.4 Å². The summed E-state index contributed by atoms with van der Waals surface area (Å²) < 4.78 is 5.59. The van der Waals surface area contributed by atoms with E-state index in [1.165, 1.54) is 12.1 Å². The minimum atomic E-state index is -0.787. The fourth-order valence-corrected chi connectivity index (χ4v) is 1.56. The van der Waals surface area contributed by atoms with Gasteiger partial charge in [-0.1, -0.05) is 0 Å². The molecule has 8 nitrogen and oxygen atoms in total. The van der Waals surface area contributed by atoms with Crippen LogP contribution in [0.4, 0.5) is 10.5 Å². The van der Waals surface area contributed by atoms with Crippen LogP contribution < -0.4 is 5.56 Å². The molecule has 0 radical (unpaired) electrons. The minimum absolute atomic E-state index is 0.118. The first kappa shape index (κ1) is 11.8.